The average molecular weight is 264 g/mol. The van der Waals surface area contributed by atoms with Crippen LogP contribution in [0.2, 0.25) is 0 Å². The Morgan fingerprint density at radius 2 is 2.22 bits per heavy atom. The molecular weight excluding hydrogens is 248 g/mol. The summed E-state index contributed by atoms with van der Waals surface area (Å²) in [5.41, 5.74) is 0. The number of rotatable bonds is 6. The second-order valence-electron chi connectivity index (χ2n) is 4.52. The second-order valence-corrected chi connectivity index (χ2v) is 5.89. The standard InChI is InChI=1S/C12H16N4OS/c1-8-2-5-10(18-8)6-14-12-16-15-11(17-12)7-13-9-3-4-9/h2,5,9,13H,3-4,6-7H2,1H3,(H,14,16). The van der Waals surface area contributed by atoms with Gasteiger partial charge in [0.15, 0.2) is 0 Å². The zero-order valence-corrected chi connectivity index (χ0v) is 11.1. The van der Waals surface area contributed by atoms with Crippen LogP contribution >= 0.6 is 11.3 Å². The first-order valence-corrected chi connectivity index (χ1v) is 6.96. The molecule has 0 atom stereocenters. The van der Waals surface area contributed by atoms with E-state index in [2.05, 4.69) is 39.9 Å². The topological polar surface area (TPSA) is 63.0 Å². The lowest BCUT2D eigenvalue weighted by Crippen LogP contribution is -2.15. The Morgan fingerprint density at radius 1 is 1.33 bits per heavy atom. The Bertz CT molecular complexity index is 518. The van der Waals surface area contributed by atoms with Gasteiger partial charge >= 0.3 is 6.01 Å². The van der Waals surface area contributed by atoms with Gasteiger partial charge in [-0.15, -0.1) is 16.4 Å². The third-order valence-electron chi connectivity index (χ3n) is 2.80. The lowest BCUT2D eigenvalue weighted by Gasteiger charge is -1.98. The van der Waals surface area contributed by atoms with E-state index in [9.17, 15) is 0 Å². The molecule has 96 valence electrons. The molecule has 1 aliphatic rings. The normalized spacial score (nSPS) is 14.9. The summed E-state index contributed by atoms with van der Waals surface area (Å²) in [7, 11) is 0. The van der Waals surface area contributed by atoms with Gasteiger partial charge in [-0.2, -0.15) is 0 Å². The summed E-state index contributed by atoms with van der Waals surface area (Å²) in [5.74, 6) is 0.645. The van der Waals surface area contributed by atoms with E-state index < -0.39 is 0 Å². The van der Waals surface area contributed by atoms with Crippen LogP contribution in [0.1, 0.15) is 28.5 Å². The van der Waals surface area contributed by atoms with Gasteiger partial charge in [-0.05, 0) is 31.9 Å². The third-order valence-corrected chi connectivity index (χ3v) is 3.80. The number of nitrogens with zero attached hydrogens (tertiary/aromatic N) is 2. The van der Waals surface area contributed by atoms with Crippen LogP contribution in [0.4, 0.5) is 6.01 Å². The van der Waals surface area contributed by atoms with Gasteiger partial charge in [-0.3, -0.25) is 0 Å². The van der Waals surface area contributed by atoms with Crippen molar-refractivity contribution in [2.24, 2.45) is 0 Å². The highest BCUT2D eigenvalue weighted by Crippen LogP contribution is 2.19. The van der Waals surface area contributed by atoms with E-state index in [1.807, 2.05) is 0 Å². The van der Waals surface area contributed by atoms with Crippen LogP contribution in [-0.4, -0.2) is 16.2 Å². The molecule has 0 aliphatic heterocycles. The van der Waals surface area contributed by atoms with E-state index in [1.165, 1.54) is 22.6 Å². The Balaban J connectivity index is 1.49. The van der Waals surface area contributed by atoms with Crippen LogP contribution < -0.4 is 10.6 Å². The first-order chi connectivity index (χ1) is 8.79. The molecule has 2 heterocycles. The minimum absolute atomic E-state index is 0.494. The summed E-state index contributed by atoms with van der Waals surface area (Å²) in [5, 5.41) is 14.5. The van der Waals surface area contributed by atoms with E-state index in [-0.39, 0.29) is 0 Å². The maximum absolute atomic E-state index is 5.50. The molecule has 0 bridgehead atoms. The van der Waals surface area contributed by atoms with Crippen molar-refractivity contribution >= 4 is 17.4 Å². The van der Waals surface area contributed by atoms with Crippen molar-refractivity contribution in [2.45, 2.75) is 38.9 Å². The van der Waals surface area contributed by atoms with Crippen LogP contribution in [-0.2, 0) is 13.1 Å². The van der Waals surface area contributed by atoms with E-state index in [0.717, 1.165) is 6.54 Å². The quantitative estimate of drug-likeness (QED) is 0.838. The minimum atomic E-state index is 0.494. The number of hydrogen-bond acceptors (Lipinski definition) is 6. The second kappa shape index (κ2) is 5.07. The first-order valence-electron chi connectivity index (χ1n) is 6.14. The van der Waals surface area contributed by atoms with Crippen molar-refractivity contribution < 1.29 is 4.42 Å². The highest BCUT2D eigenvalue weighted by molar-refractivity contribution is 7.11. The molecule has 0 amide bonds. The predicted molar refractivity (Wildman–Crippen MR) is 70.5 cm³/mol. The smallest absolute Gasteiger partial charge is 0.315 e. The molecule has 0 aromatic carbocycles. The number of anilines is 1. The van der Waals surface area contributed by atoms with Gasteiger partial charge in [0.2, 0.25) is 5.89 Å². The largest absolute Gasteiger partial charge is 0.407 e. The van der Waals surface area contributed by atoms with Crippen molar-refractivity contribution in [1.82, 2.24) is 15.5 Å². The summed E-state index contributed by atoms with van der Waals surface area (Å²) in [6.45, 7) is 3.50. The van der Waals surface area contributed by atoms with Crippen molar-refractivity contribution in [2.75, 3.05) is 5.32 Å². The highest BCUT2D eigenvalue weighted by atomic mass is 32.1. The molecule has 0 radical (unpaired) electrons. The van der Waals surface area contributed by atoms with Gasteiger partial charge in [0.05, 0.1) is 13.1 Å². The van der Waals surface area contributed by atoms with E-state index in [0.29, 0.717) is 24.5 Å². The van der Waals surface area contributed by atoms with Crippen molar-refractivity contribution in [3.05, 3.63) is 27.8 Å². The number of nitrogens with one attached hydrogen (secondary N) is 2. The highest BCUT2D eigenvalue weighted by Gasteiger charge is 2.21. The number of aryl methyl sites for hydroxylation is 1. The molecule has 2 N–H and O–H groups in total. The fourth-order valence-electron chi connectivity index (χ4n) is 1.66. The van der Waals surface area contributed by atoms with Crippen molar-refractivity contribution in [3.63, 3.8) is 0 Å². The maximum atomic E-state index is 5.50. The molecule has 0 unspecified atom stereocenters. The predicted octanol–water partition coefficient (Wildman–Crippen LogP) is 2.30. The zero-order valence-electron chi connectivity index (χ0n) is 10.3. The fourth-order valence-corrected chi connectivity index (χ4v) is 2.49. The van der Waals surface area contributed by atoms with Gasteiger partial charge in [-0.25, -0.2) is 0 Å². The average Bonchev–Trinajstić information content (AvgIpc) is 2.93. The molecule has 1 fully saturated rings. The molecule has 3 rings (SSSR count). The molecule has 0 saturated heterocycles. The molecule has 6 heteroatoms. The van der Waals surface area contributed by atoms with Crippen molar-refractivity contribution in [3.8, 4) is 0 Å². The Morgan fingerprint density at radius 3 is 2.94 bits per heavy atom. The summed E-state index contributed by atoms with van der Waals surface area (Å²) < 4.78 is 5.50. The third kappa shape index (κ3) is 3.08. The Kier molecular flexibility index (Phi) is 3.29. The maximum Gasteiger partial charge on any atom is 0.315 e. The zero-order chi connectivity index (χ0) is 12.4. The number of aromatic nitrogens is 2. The van der Waals surface area contributed by atoms with Crippen LogP contribution in [0, 0.1) is 6.92 Å². The van der Waals surface area contributed by atoms with Crippen LogP contribution in [0.15, 0.2) is 16.5 Å². The summed E-state index contributed by atoms with van der Waals surface area (Å²) >= 11 is 1.77. The number of hydrogen-bond donors (Lipinski definition) is 2. The van der Waals surface area contributed by atoms with Crippen molar-refractivity contribution in [1.29, 1.82) is 0 Å². The summed E-state index contributed by atoms with van der Waals surface area (Å²) in [6.07, 6.45) is 2.52. The fraction of sp³-hybridized carbons (Fsp3) is 0.500. The van der Waals surface area contributed by atoms with E-state index in [4.69, 9.17) is 4.42 Å². The van der Waals surface area contributed by atoms with E-state index in [1.54, 1.807) is 11.3 Å². The monoisotopic (exact) mass is 264 g/mol. The lowest BCUT2D eigenvalue weighted by molar-refractivity contribution is 0.476. The van der Waals surface area contributed by atoms with Crippen LogP contribution in [0.3, 0.4) is 0 Å². The van der Waals surface area contributed by atoms with Gasteiger partial charge in [0, 0.05) is 15.8 Å². The minimum Gasteiger partial charge on any atom is -0.407 e. The molecule has 0 spiro atoms. The molecule has 1 aliphatic carbocycles. The number of thiophene rings is 1. The summed E-state index contributed by atoms with van der Waals surface area (Å²) in [6, 6.07) is 5.37. The Hall–Kier alpha value is -1.40. The molecule has 5 nitrogen and oxygen atoms in total. The first kappa shape index (κ1) is 11.7. The lowest BCUT2D eigenvalue weighted by atomic mass is 10.4. The molecular formula is C12H16N4OS. The SMILES string of the molecule is Cc1ccc(CNc2nnc(CNC3CC3)o2)s1. The van der Waals surface area contributed by atoms with Gasteiger partial charge in [0.25, 0.3) is 0 Å². The van der Waals surface area contributed by atoms with Crippen LogP contribution in [0.5, 0.6) is 0 Å². The molecule has 18 heavy (non-hydrogen) atoms. The molecule has 1 saturated carbocycles. The molecule has 2 aromatic rings. The van der Waals surface area contributed by atoms with Gasteiger partial charge in [-0.1, -0.05) is 5.10 Å². The summed E-state index contributed by atoms with van der Waals surface area (Å²) in [4.78, 5) is 2.58. The van der Waals surface area contributed by atoms with E-state index >= 15 is 0 Å². The van der Waals surface area contributed by atoms with Crippen LogP contribution in [0.25, 0.3) is 0 Å². The Labute approximate surface area is 110 Å². The molecule has 2 aromatic heterocycles. The van der Waals surface area contributed by atoms with Gasteiger partial charge < -0.3 is 15.1 Å². The van der Waals surface area contributed by atoms with Gasteiger partial charge in [0.1, 0.15) is 0 Å².